The summed E-state index contributed by atoms with van der Waals surface area (Å²) in [7, 11) is -3.33. The predicted octanol–water partition coefficient (Wildman–Crippen LogP) is 3.53. The maximum Gasteiger partial charge on any atom is 0.336 e. The molecule has 0 saturated carbocycles. The Morgan fingerprint density at radius 3 is 2.35 bits per heavy atom. The van der Waals surface area contributed by atoms with Gasteiger partial charge in [0.25, 0.3) is 0 Å². The summed E-state index contributed by atoms with van der Waals surface area (Å²) in [4.78, 5) is 0. The molecule has 1 fully saturated rings. The van der Waals surface area contributed by atoms with Crippen molar-refractivity contribution in [3.63, 3.8) is 0 Å². The van der Waals surface area contributed by atoms with E-state index in [1.54, 1.807) is 0 Å². The maximum atomic E-state index is 6.59. The summed E-state index contributed by atoms with van der Waals surface area (Å²) in [6, 6.07) is 3.99. The van der Waals surface area contributed by atoms with Crippen molar-refractivity contribution in [2.45, 2.75) is 78.6 Å². The largest absolute Gasteiger partial charge is 0.395 e. The number of hydrogen-bond acceptors (Lipinski definition) is 3. The van der Waals surface area contributed by atoms with Crippen molar-refractivity contribution in [2.24, 2.45) is 5.41 Å². The fourth-order valence-electron chi connectivity index (χ4n) is 3.62. The van der Waals surface area contributed by atoms with Crippen LogP contribution in [0, 0.1) is 5.41 Å². The van der Waals surface area contributed by atoms with E-state index in [4.69, 9.17) is 8.85 Å². The number of nitrogens with zero attached hydrogens (tertiary/aromatic N) is 1. The Balaban J connectivity index is 2.74. The molecule has 0 aromatic heterocycles. The SMILES string of the molecule is CCO[Si](C)(CC(C)(C)C)OC(C)N1[SiH2]CC[Si]1(C)C. The molecule has 6 heteroatoms. The highest BCUT2D eigenvalue weighted by atomic mass is 28.4. The zero-order valence-corrected chi connectivity index (χ0v) is 18.3. The minimum absolute atomic E-state index is 0.0824. The average Bonchev–Trinajstić information content (AvgIpc) is 2.54. The molecule has 0 bridgehead atoms. The molecular weight excluding hydrogens is 298 g/mol. The standard InChI is InChI=1S/C14H35NO2Si3/c1-9-16-20(8,12-14(3,4)5)17-13(2)15-18-10-11-19(15,6)7/h13H,9-12,18H2,1-8H3. The highest BCUT2D eigenvalue weighted by Gasteiger charge is 2.43. The second-order valence-electron chi connectivity index (χ2n) is 8.13. The van der Waals surface area contributed by atoms with E-state index in [1.807, 2.05) is 0 Å². The third kappa shape index (κ3) is 5.38. The van der Waals surface area contributed by atoms with E-state index in [-0.39, 0.29) is 21.3 Å². The molecule has 1 heterocycles. The van der Waals surface area contributed by atoms with Crippen molar-refractivity contribution in [1.29, 1.82) is 0 Å². The van der Waals surface area contributed by atoms with Crippen LogP contribution in [0.4, 0.5) is 0 Å². The normalized spacial score (nSPS) is 25.8. The molecule has 20 heavy (non-hydrogen) atoms. The summed E-state index contributed by atoms with van der Waals surface area (Å²) >= 11 is 0. The number of rotatable bonds is 6. The first-order chi connectivity index (χ1) is 8.99. The molecule has 0 spiro atoms. The summed E-state index contributed by atoms with van der Waals surface area (Å²) in [5.74, 6) is 0. The molecule has 3 nitrogen and oxygen atoms in total. The van der Waals surface area contributed by atoms with Crippen LogP contribution in [0.25, 0.3) is 0 Å². The molecule has 0 radical (unpaired) electrons. The van der Waals surface area contributed by atoms with Gasteiger partial charge in [0.1, 0.15) is 8.24 Å². The summed E-state index contributed by atoms with van der Waals surface area (Å²) < 4.78 is 15.5. The lowest BCUT2D eigenvalue weighted by Crippen LogP contribution is -2.55. The quantitative estimate of drug-likeness (QED) is 0.694. The molecule has 0 amide bonds. The highest BCUT2D eigenvalue weighted by Crippen LogP contribution is 2.33. The van der Waals surface area contributed by atoms with Crippen LogP contribution in [-0.4, -0.2) is 43.5 Å². The predicted molar refractivity (Wildman–Crippen MR) is 95.5 cm³/mol. The molecule has 0 aliphatic carbocycles. The first kappa shape index (κ1) is 18.6. The Labute approximate surface area is 130 Å². The number of hydrogen-bond donors (Lipinski definition) is 0. The zero-order chi connectivity index (χ0) is 15.6. The van der Waals surface area contributed by atoms with Crippen LogP contribution in [0.5, 0.6) is 0 Å². The molecule has 2 unspecified atom stereocenters. The van der Waals surface area contributed by atoms with Gasteiger partial charge in [-0.25, -0.2) is 0 Å². The molecule has 1 saturated heterocycles. The Hall–Kier alpha value is 0.531. The van der Waals surface area contributed by atoms with Crippen LogP contribution in [0.15, 0.2) is 0 Å². The van der Waals surface area contributed by atoms with E-state index < -0.39 is 16.8 Å². The van der Waals surface area contributed by atoms with Gasteiger partial charge in [-0.05, 0) is 37.9 Å². The van der Waals surface area contributed by atoms with Gasteiger partial charge in [0.2, 0.25) is 0 Å². The topological polar surface area (TPSA) is 21.7 Å². The van der Waals surface area contributed by atoms with E-state index in [1.165, 1.54) is 12.1 Å². The lowest BCUT2D eigenvalue weighted by Gasteiger charge is -2.41. The summed E-state index contributed by atoms with van der Waals surface area (Å²) in [5.41, 5.74) is 0.269. The van der Waals surface area contributed by atoms with Gasteiger partial charge in [-0.1, -0.05) is 39.9 Å². The van der Waals surface area contributed by atoms with Crippen LogP contribution in [0.2, 0.25) is 37.8 Å². The van der Waals surface area contributed by atoms with Crippen LogP contribution < -0.4 is 0 Å². The zero-order valence-electron chi connectivity index (χ0n) is 14.9. The molecule has 1 aliphatic heterocycles. The average molecular weight is 334 g/mol. The van der Waals surface area contributed by atoms with Gasteiger partial charge in [-0.2, -0.15) is 0 Å². The van der Waals surface area contributed by atoms with E-state index in [2.05, 4.69) is 58.5 Å². The van der Waals surface area contributed by atoms with Crippen molar-refractivity contribution in [3.8, 4) is 0 Å². The summed E-state index contributed by atoms with van der Waals surface area (Å²) in [6.07, 6.45) is 0.274. The third-order valence-corrected chi connectivity index (χ3v) is 16.7. The third-order valence-electron chi connectivity index (χ3n) is 4.12. The molecule has 2 atom stereocenters. The molecule has 1 aliphatic rings. The Kier molecular flexibility index (Phi) is 6.27. The Morgan fingerprint density at radius 2 is 1.95 bits per heavy atom. The summed E-state index contributed by atoms with van der Waals surface area (Å²) in [6.45, 7) is 19.2. The molecule has 0 aromatic carbocycles. The first-order valence-corrected chi connectivity index (χ1v) is 15.4. The van der Waals surface area contributed by atoms with E-state index >= 15 is 0 Å². The van der Waals surface area contributed by atoms with E-state index in [0.717, 1.165) is 12.7 Å². The minimum Gasteiger partial charge on any atom is -0.395 e. The van der Waals surface area contributed by atoms with Crippen molar-refractivity contribution in [3.05, 3.63) is 0 Å². The summed E-state index contributed by atoms with van der Waals surface area (Å²) in [5, 5.41) is 0. The molecular formula is C14H35NO2Si3. The van der Waals surface area contributed by atoms with Crippen molar-refractivity contribution in [2.75, 3.05) is 6.61 Å². The smallest absolute Gasteiger partial charge is 0.336 e. The molecule has 0 aromatic rings. The van der Waals surface area contributed by atoms with Gasteiger partial charge >= 0.3 is 8.56 Å². The molecule has 1 rings (SSSR count). The van der Waals surface area contributed by atoms with Gasteiger partial charge < -0.3 is 13.1 Å². The van der Waals surface area contributed by atoms with Crippen LogP contribution in [-0.2, 0) is 8.85 Å². The fourth-order valence-corrected chi connectivity index (χ4v) is 17.1. The van der Waals surface area contributed by atoms with Crippen molar-refractivity contribution >= 4 is 26.5 Å². The first-order valence-electron chi connectivity index (χ1n) is 8.08. The lowest BCUT2D eigenvalue weighted by atomic mass is 10.0. The second kappa shape index (κ2) is 6.75. The van der Waals surface area contributed by atoms with Crippen LogP contribution in [0.1, 0.15) is 34.6 Å². The van der Waals surface area contributed by atoms with Gasteiger partial charge in [-0.15, -0.1) is 0 Å². The van der Waals surface area contributed by atoms with Crippen LogP contribution >= 0.6 is 0 Å². The van der Waals surface area contributed by atoms with Crippen molar-refractivity contribution < 1.29 is 8.85 Å². The monoisotopic (exact) mass is 333 g/mol. The van der Waals surface area contributed by atoms with Gasteiger partial charge in [0.05, 0.1) is 15.9 Å². The van der Waals surface area contributed by atoms with Gasteiger partial charge in [-0.3, -0.25) is 0 Å². The highest BCUT2D eigenvalue weighted by molar-refractivity contribution is 6.83. The van der Waals surface area contributed by atoms with Gasteiger partial charge in [0, 0.05) is 6.61 Å². The maximum absolute atomic E-state index is 6.59. The second-order valence-corrected chi connectivity index (χ2v) is 18.4. The molecule has 0 N–H and O–H groups in total. The van der Waals surface area contributed by atoms with Crippen LogP contribution in [0.3, 0.4) is 0 Å². The van der Waals surface area contributed by atoms with E-state index in [9.17, 15) is 0 Å². The minimum atomic E-state index is -2.08. The van der Waals surface area contributed by atoms with E-state index in [0.29, 0.717) is 0 Å². The Bertz CT molecular complexity index is 320. The Morgan fingerprint density at radius 1 is 1.35 bits per heavy atom. The van der Waals surface area contributed by atoms with Gasteiger partial charge in [0.15, 0.2) is 0 Å². The lowest BCUT2D eigenvalue weighted by molar-refractivity contribution is 0.0809. The van der Waals surface area contributed by atoms with Crippen molar-refractivity contribution in [1.82, 2.24) is 4.23 Å². The fraction of sp³-hybridized carbons (Fsp3) is 1.00. The molecule has 120 valence electrons.